The van der Waals surface area contributed by atoms with Crippen molar-refractivity contribution < 1.29 is 23.5 Å². The Morgan fingerprint density at radius 1 is 1.06 bits per heavy atom. The van der Waals surface area contributed by atoms with E-state index in [9.17, 15) is 19.5 Å². The van der Waals surface area contributed by atoms with Crippen LogP contribution in [0.1, 0.15) is 22.3 Å². The molecule has 2 aromatic carbocycles. The van der Waals surface area contributed by atoms with Gasteiger partial charge in [-0.15, -0.1) is 0 Å². The van der Waals surface area contributed by atoms with Crippen molar-refractivity contribution in [2.24, 2.45) is 0 Å². The highest BCUT2D eigenvalue weighted by Gasteiger charge is 2.19. The summed E-state index contributed by atoms with van der Waals surface area (Å²) < 4.78 is 10.9. The summed E-state index contributed by atoms with van der Waals surface area (Å²) in [4.78, 5) is 36.6. The second-order valence-electron chi connectivity index (χ2n) is 7.56. The lowest BCUT2D eigenvalue weighted by Crippen LogP contribution is -2.49. The molecule has 2 aromatic heterocycles. The zero-order valence-corrected chi connectivity index (χ0v) is 17.1. The van der Waals surface area contributed by atoms with Crippen LogP contribution in [0.15, 0.2) is 62.4 Å². The minimum absolute atomic E-state index is 0.0813. The first kappa shape index (κ1) is 20.4. The van der Waals surface area contributed by atoms with E-state index in [1.54, 1.807) is 43.5 Å². The van der Waals surface area contributed by atoms with Gasteiger partial charge in [0, 0.05) is 16.8 Å². The van der Waals surface area contributed by atoms with E-state index in [4.69, 9.17) is 8.83 Å². The van der Waals surface area contributed by atoms with Crippen LogP contribution in [0.5, 0.6) is 0 Å². The quantitative estimate of drug-likeness (QED) is 0.480. The Hall–Kier alpha value is -3.87. The van der Waals surface area contributed by atoms with Gasteiger partial charge in [0.25, 0.3) is 0 Å². The largest absolute Gasteiger partial charge is 0.548 e. The highest BCUT2D eigenvalue weighted by molar-refractivity contribution is 5.96. The first-order valence-corrected chi connectivity index (χ1v) is 9.81. The van der Waals surface area contributed by atoms with Crippen molar-refractivity contribution in [1.82, 2.24) is 5.32 Å². The average Bonchev–Trinajstić information content (AvgIpc) is 3.10. The number of benzene rings is 2. The van der Waals surface area contributed by atoms with Gasteiger partial charge in [0.15, 0.2) is 0 Å². The van der Waals surface area contributed by atoms with Crippen LogP contribution >= 0.6 is 0 Å². The minimum atomic E-state index is -1.39. The molecule has 2 heterocycles. The summed E-state index contributed by atoms with van der Waals surface area (Å²) >= 11 is 0. The van der Waals surface area contributed by atoms with Gasteiger partial charge < -0.3 is 24.1 Å². The third-order valence-corrected chi connectivity index (χ3v) is 5.41. The number of carboxylic acid groups (broad SMARTS) is 1. The van der Waals surface area contributed by atoms with Crippen LogP contribution in [-0.4, -0.2) is 17.9 Å². The van der Waals surface area contributed by atoms with E-state index in [1.807, 2.05) is 19.1 Å². The Labute approximate surface area is 177 Å². The van der Waals surface area contributed by atoms with Gasteiger partial charge in [-0.1, -0.05) is 30.3 Å². The average molecular weight is 418 g/mol. The molecule has 7 heteroatoms. The van der Waals surface area contributed by atoms with Gasteiger partial charge in [-0.2, -0.15) is 0 Å². The molecule has 1 atom stereocenters. The van der Waals surface area contributed by atoms with Crippen molar-refractivity contribution in [3.8, 4) is 0 Å². The predicted molar refractivity (Wildman–Crippen MR) is 113 cm³/mol. The van der Waals surface area contributed by atoms with Gasteiger partial charge in [0.1, 0.15) is 11.2 Å². The third-order valence-electron chi connectivity index (χ3n) is 5.41. The topological polar surface area (TPSA) is 113 Å². The fraction of sp³-hybridized carbons (Fsp3) is 0.208. The van der Waals surface area contributed by atoms with Crippen molar-refractivity contribution in [2.75, 3.05) is 0 Å². The second kappa shape index (κ2) is 8.10. The fourth-order valence-electron chi connectivity index (χ4n) is 3.69. The number of rotatable bonds is 6. The molecule has 1 N–H and O–H groups in total. The molecule has 158 valence electrons. The SMILES string of the molecule is Cc1coc2cc3oc(=O)c(CC(=O)N[C@@H](Cc4ccccc4)C(=O)[O-])c(C)c3cc12. The molecular weight excluding hydrogens is 398 g/mol. The van der Waals surface area contributed by atoms with Crippen LogP contribution in [0.2, 0.25) is 0 Å². The minimum Gasteiger partial charge on any atom is -0.548 e. The first-order chi connectivity index (χ1) is 14.8. The summed E-state index contributed by atoms with van der Waals surface area (Å²) in [6.07, 6.45) is 1.40. The molecule has 0 bridgehead atoms. The summed E-state index contributed by atoms with van der Waals surface area (Å²) in [5.41, 5.74) is 2.81. The molecule has 0 spiro atoms. The molecular formula is C24H20NO6-. The molecule has 1 amide bonds. The number of amides is 1. The summed E-state index contributed by atoms with van der Waals surface area (Å²) in [6.45, 7) is 3.65. The van der Waals surface area contributed by atoms with E-state index in [2.05, 4.69) is 5.32 Å². The summed E-state index contributed by atoms with van der Waals surface area (Å²) in [5.74, 6) is -1.99. The number of furan rings is 1. The van der Waals surface area contributed by atoms with E-state index in [0.717, 1.165) is 16.5 Å². The number of aliphatic carboxylic acids is 1. The molecule has 0 radical (unpaired) electrons. The summed E-state index contributed by atoms with van der Waals surface area (Å²) in [6, 6.07) is 11.2. The van der Waals surface area contributed by atoms with Gasteiger partial charge in [-0.3, -0.25) is 4.79 Å². The van der Waals surface area contributed by atoms with Crippen molar-refractivity contribution in [3.63, 3.8) is 0 Å². The Kier molecular flexibility index (Phi) is 5.33. The molecule has 4 aromatic rings. The van der Waals surface area contributed by atoms with Crippen molar-refractivity contribution in [1.29, 1.82) is 0 Å². The molecule has 7 nitrogen and oxygen atoms in total. The molecule has 0 unspecified atom stereocenters. The zero-order valence-electron chi connectivity index (χ0n) is 17.1. The number of nitrogens with one attached hydrogen (secondary N) is 1. The first-order valence-electron chi connectivity index (χ1n) is 9.81. The van der Waals surface area contributed by atoms with Crippen molar-refractivity contribution >= 4 is 33.8 Å². The fourth-order valence-corrected chi connectivity index (χ4v) is 3.69. The third kappa shape index (κ3) is 4.07. The number of hydrogen-bond donors (Lipinski definition) is 1. The second-order valence-corrected chi connectivity index (χ2v) is 7.56. The number of carboxylic acids is 1. The Balaban J connectivity index is 1.61. The molecule has 0 aliphatic rings. The highest BCUT2D eigenvalue weighted by Crippen LogP contribution is 2.28. The Morgan fingerprint density at radius 3 is 2.52 bits per heavy atom. The molecule has 31 heavy (non-hydrogen) atoms. The van der Waals surface area contributed by atoms with Crippen molar-refractivity contribution in [2.45, 2.75) is 32.7 Å². The molecule has 0 saturated carbocycles. The van der Waals surface area contributed by atoms with Crippen LogP contribution in [0, 0.1) is 13.8 Å². The maximum absolute atomic E-state index is 12.6. The Morgan fingerprint density at radius 2 is 1.81 bits per heavy atom. The van der Waals surface area contributed by atoms with Gasteiger partial charge in [0.2, 0.25) is 5.91 Å². The standard InChI is InChI=1S/C24H21NO6/c1-13-12-30-20-11-21-17(9-16(13)20)14(2)18(24(29)31-21)10-22(26)25-19(23(27)28)8-15-6-4-3-5-7-15/h3-7,9,11-12,19H,8,10H2,1-2H3,(H,25,26)(H,27,28)/p-1/t19-/m0/s1. The van der Waals surface area contributed by atoms with Gasteiger partial charge in [0.05, 0.1) is 30.3 Å². The monoisotopic (exact) mass is 418 g/mol. The molecule has 0 fully saturated rings. The number of carbonyl (C=O) groups is 2. The smallest absolute Gasteiger partial charge is 0.340 e. The number of carbonyl (C=O) groups excluding carboxylic acids is 2. The van der Waals surface area contributed by atoms with Crippen LogP contribution in [-0.2, 0) is 22.4 Å². The lowest BCUT2D eigenvalue weighted by atomic mass is 10.0. The zero-order chi connectivity index (χ0) is 22.1. The summed E-state index contributed by atoms with van der Waals surface area (Å²) in [7, 11) is 0. The predicted octanol–water partition coefficient (Wildman–Crippen LogP) is 2.18. The number of hydrogen-bond acceptors (Lipinski definition) is 6. The Bertz CT molecular complexity index is 1350. The highest BCUT2D eigenvalue weighted by atomic mass is 16.4. The number of fused-ring (bicyclic) bond motifs is 2. The lowest BCUT2D eigenvalue weighted by molar-refractivity contribution is -0.308. The van der Waals surface area contributed by atoms with Gasteiger partial charge in [-0.05, 0) is 43.0 Å². The normalized spacial score (nSPS) is 12.2. The maximum atomic E-state index is 12.6. The van der Waals surface area contributed by atoms with Crippen LogP contribution in [0.3, 0.4) is 0 Å². The number of aryl methyl sites for hydroxylation is 2. The maximum Gasteiger partial charge on any atom is 0.340 e. The lowest BCUT2D eigenvalue weighted by Gasteiger charge is -2.20. The van der Waals surface area contributed by atoms with E-state index in [1.165, 1.54) is 0 Å². The van der Waals surface area contributed by atoms with Crippen molar-refractivity contribution in [3.05, 3.63) is 81.4 Å². The summed E-state index contributed by atoms with van der Waals surface area (Å²) in [5, 5.41) is 15.6. The van der Waals surface area contributed by atoms with Gasteiger partial charge >= 0.3 is 5.63 Å². The van der Waals surface area contributed by atoms with E-state index >= 15 is 0 Å². The van der Waals surface area contributed by atoms with E-state index in [0.29, 0.717) is 22.1 Å². The molecule has 0 aliphatic carbocycles. The molecule has 0 aliphatic heterocycles. The molecule has 4 rings (SSSR count). The van der Waals surface area contributed by atoms with Gasteiger partial charge in [-0.25, -0.2) is 4.79 Å². The van der Waals surface area contributed by atoms with Crippen LogP contribution < -0.4 is 16.0 Å². The van der Waals surface area contributed by atoms with Crippen LogP contribution in [0.4, 0.5) is 0 Å². The van der Waals surface area contributed by atoms with Crippen LogP contribution in [0.25, 0.3) is 21.9 Å². The van der Waals surface area contributed by atoms with E-state index < -0.39 is 23.5 Å². The van der Waals surface area contributed by atoms with E-state index in [-0.39, 0.29) is 18.4 Å². The molecule has 0 saturated heterocycles.